The van der Waals surface area contributed by atoms with E-state index in [1.165, 1.54) is 0 Å². The van der Waals surface area contributed by atoms with Gasteiger partial charge < -0.3 is 16.0 Å². The van der Waals surface area contributed by atoms with Gasteiger partial charge in [-0.15, -0.1) is 0 Å². The summed E-state index contributed by atoms with van der Waals surface area (Å²) in [5, 5.41) is 17.5. The number of rotatable bonds is 6. The second kappa shape index (κ2) is 7.23. The van der Waals surface area contributed by atoms with Crippen molar-refractivity contribution in [2.24, 2.45) is 0 Å². The highest BCUT2D eigenvalue weighted by molar-refractivity contribution is 5.99. The van der Waals surface area contributed by atoms with Crippen LogP contribution in [0.2, 0.25) is 0 Å². The number of benzene rings is 2. The van der Waals surface area contributed by atoms with E-state index in [9.17, 15) is 4.79 Å². The molecule has 0 aliphatic carbocycles. The van der Waals surface area contributed by atoms with Crippen LogP contribution in [0.5, 0.6) is 0 Å². The molecular formula is C21H19N7O. The lowest BCUT2D eigenvalue weighted by Crippen LogP contribution is -2.07. The summed E-state index contributed by atoms with van der Waals surface area (Å²) in [6.07, 6.45) is 3.97. The zero-order valence-electron chi connectivity index (χ0n) is 15.6. The first kappa shape index (κ1) is 17.2. The van der Waals surface area contributed by atoms with Crippen LogP contribution in [0, 0.1) is 0 Å². The number of nitrogens with one attached hydrogen (secondary N) is 4. The summed E-state index contributed by atoms with van der Waals surface area (Å²) in [4.78, 5) is 20.3. The average Bonchev–Trinajstić information content (AvgIpc) is 3.35. The minimum absolute atomic E-state index is 0.0409. The van der Waals surface area contributed by atoms with Crippen LogP contribution in [0.3, 0.4) is 0 Å². The number of aromatic nitrogens is 4. The average molecular weight is 385 g/mol. The first-order valence-corrected chi connectivity index (χ1v) is 9.37. The number of carbonyl (C=O) groups excluding carboxylic acids is 1. The molecule has 0 radical (unpaired) electrons. The van der Waals surface area contributed by atoms with Gasteiger partial charge in [-0.3, -0.25) is 9.89 Å². The van der Waals surface area contributed by atoms with Crippen molar-refractivity contribution in [1.82, 2.24) is 20.2 Å². The van der Waals surface area contributed by atoms with E-state index in [0.29, 0.717) is 25.5 Å². The van der Waals surface area contributed by atoms with E-state index < -0.39 is 0 Å². The Morgan fingerprint density at radius 2 is 1.86 bits per heavy atom. The Morgan fingerprint density at radius 1 is 1.00 bits per heavy atom. The number of hydrogen-bond donors (Lipinski definition) is 4. The van der Waals surface area contributed by atoms with Gasteiger partial charge in [0.05, 0.1) is 18.1 Å². The van der Waals surface area contributed by atoms with Gasteiger partial charge in [0.25, 0.3) is 0 Å². The van der Waals surface area contributed by atoms with E-state index in [4.69, 9.17) is 0 Å². The van der Waals surface area contributed by atoms with Crippen LogP contribution >= 0.6 is 0 Å². The first-order chi connectivity index (χ1) is 14.2. The summed E-state index contributed by atoms with van der Waals surface area (Å²) in [7, 11) is 0. The standard InChI is InChI=1S/C21H19N7O/c29-20-9-15-7-13(1-3-17(15)26-20)11-24-21-22-6-5-19(27-21)23-10-14-2-4-18-16(8-14)12-25-28-18/h1-8,12H,9-11H2,(H,25,28)(H,26,29)(H2,22,23,24,27). The number of fused-ring (bicyclic) bond motifs is 2. The Morgan fingerprint density at radius 3 is 2.83 bits per heavy atom. The molecule has 3 heterocycles. The van der Waals surface area contributed by atoms with E-state index in [-0.39, 0.29) is 5.91 Å². The molecule has 0 unspecified atom stereocenters. The predicted molar refractivity (Wildman–Crippen MR) is 112 cm³/mol. The van der Waals surface area contributed by atoms with Crippen LogP contribution in [0.15, 0.2) is 54.9 Å². The minimum Gasteiger partial charge on any atom is -0.366 e. The van der Waals surface area contributed by atoms with E-state index in [1.54, 1.807) is 6.20 Å². The summed E-state index contributed by atoms with van der Waals surface area (Å²) in [6.45, 7) is 1.24. The molecule has 0 spiro atoms. The van der Waals surface area contributed by atoms with Gasteiger partial charge >= 0.3 is 0 Å². The molecule has 1 aliphatic heterocycles. The van der Waals surface area contributed by atoms with Crippen molar-refractivity contribution in [3.63, 3.8) is 0 Å². The monoisotopic (exact) mass is 385 g/mol. The molecule has 0 atom stereocenters. The predicted octanol–water partition coefficient (Wildman–Crippen LogP) is 3.07. The molecule has 1 aliphatic rings. The Bertz CT molecular complexity index is 1200. The summed E-state index contributed by atoms with van der Waals surface area (Å²) in [5.41, 5.74) is 5.17. The van der Waals surface area contributed by atoms with Crippen molar-refractivity contribution in [2.75, 3.05) is 16.0 Å². The second-order valence-electron chi connectivity index (χ2n) is 6.98. The number of H-pyrrole nitrogens is 1. The van der Waals surface area contributed by atoms with Gasteiger partial charge in [0.15, 0.2) is 0 Å². The molecule has 0 saturated heterocycles. The molecule has 0 fully saturated rings. The summed E-state index contributed by atoms with van der Waals surface area (Å²) >= 11 is 0. The number of anilines is 3. The number of carbonyl (C=O) groups is 1. The molecule has 8 nitrogen and oxygen atoms in total. The SMILES string of the molecule is O=C1Cc2cc(CNc3nccc(NCc4ccc5[nH]ncc5c4)n3)ccc2N1. The molecule has 5 rings (SSSR count). The first-order valence-electron chi connectivity index (χ1n) is 9.37. The van der Waals surface area contributed by atoms with Crippen LogP contribution in [-0.2, 0) is 24.3 Å². The van der Waals surface area contributed by atoms with E-state index in [0.717, 1.165) is 39.1 Å². The van der Waals surface area contributed by atoms with Crippen LogP contribution in [0.4, 0.5) is 17.5 Å². The van der Waals surface area contributed by atoms with E-state index >= 15 is 0 Å². The normalized spacial score (nSPS) is 12.6. The Hall–Kier alpha value is -3.94. The maximum atomic E-state index is 11.5. The maximum Gasteiger partial charge on any atom is 0.228 e. The summed E-state index contributed by atoms with van der Waals surface area (Å²) < 4.78 is 0. The molecule has 29 heavy (non-hydrogen) atoms. The third kappa shape index (κ3) is 3.73. The fourth-order valence-corrected chi connectivity index (χ4v) is 3.41. The van der Waals surface area contributed by atoms with Crippen molar-refractivity contribution in [1.29, 1.82) is 0 Å². The van der Waals surface area contributed by atoms with Crippen molar-refractivity contribution >= 4 is 34.3 Å². The van der Waals surface area contributed by atoms with Crippen LogP contribution < -0.4 is 16.0 Å². The molecule has 4 aromatic rings. The van der Waals surface area contributed by atoms with Gasteiger partial charge in [0.1, 0.15) is 5.82 Å². The lowest BCUT2D eigenvalue weighted by molar-refractivity contribution is -0.115. The molecule has 1 amide bonds. The van der Waals surface area contributed by atoms with Crippen LogP contribution in [-0.4, -0.2) is 26.1 Å². The summed E-state index contributed by atoms with van der Waals surface area (Å²) in [5.74, 6) is 1.34. The van der Waals surface area contributed by atoms with Gasteiger partial charge in [0, 0.05) is 30.4 Å². The zero-order chi connectivity index (χ0) is 19.6. The third-order valence-corrected chi connectivity index (χ3v) is 4.88. The molecule has 4 N–H and O–H groups in total. The zero-order valence-corrected chi connectivity index (χ0v) is 15.6. The fraction of sp³-hybridized carbons (Fsp3) is 0.143. The van der Waals surface area contributed by atoms with Crippen molar-refractivity contribution in [3.05, 3.63) is 71.5 Å². The molecule has 2 aromatic carbocycles. The van der Waals surface area contributed by atoms with Crippen molar-refractivity contribution in [2.45, 2.75) is 19.5 Å². The maximum absolute atomic E-state index is 11.5. The van der Waals surface area contributed by atoms with E-state index in [1.807, 2.05) is 36.5 Å². The Kier molecular flexibility index (Phi) is 4.28. The number of aromatic amines is 1. The van der Waals surface area contributed by atoms with Gasteiger partial charge in [-0.25, -0.2) is 4.98 Å². The van der Waals surface area contributed by atoms with Gasteiger partial charge in [0.2, 0.25) is 11.9 Å². The quantitative estimate of drug-likeness (QED) is 0.406. The van der Waals surface area contributed by atoms with Crippen LogP contribution in [0.1, 0.15) is 16.7 Å². The molecule has 8 heteroatoms. The van der Waals surface area contributed by atoms with Crippen molar-refractivity contribution < 1.29 is 4.79 Å². The second-order valence-corrected chi connectivity index (χ2v) is 6.98. The fourth-order valence-electron chi connectivity index (χ4n) is 3.41. The lowest BCUT2D eigenvalue weighted by Gasteiger charge is -2.09. The molecule has 2 aromatic heterocycles. The van der Waals surface area contributed by atoms with E-state index in [2.05, 4.69) is 48.2 Å². The highest BCUT2D eigenvalue weighted by Crippen LogP contribution is 2.24. The topological polar surface area (TPSA) is 108 Å². The van der Waals surface area contributed by atoms with Gasteiger partial charge in [-0.2, -0.15) is 10.1 Å². The lowest BCUT2D eigenvalue weighted by atomic mass is 10.1. The molecule has 144 valence electrons. The molecule has 0 bridgehead atoms. The smallest absolute Gasteiger partial charge is 0.228 e. The van der Waals surface area contributed by atoms with Gasteiger partial charge in [-0.05, 0) is 41.0 Å². The largest absolute Gasteiger partial charge is 0.366 e. The number of amides is 1. The number of hydrogen-bond acceptors (Lipinski definition) is 6. The highest BCUT2D eigenvalue weighted by atomic mass is 16.1. The number of nitrogens with zero attached hydrogens (tertiary/aromatic N) is 3. The summed E-state index contributed by atoms with van der Waals surface area (Å²) in [6, 6.07) is 14.0. The molecule has 0 saturated carbocycles. The van der Waals surface area contributed by atoms with Crippen LogP contribution in [0.25, 0.3) is 10.9 Å². The molecular weight excluding hydrogens is 366 g/mol. The minimum atomic E-state index is 0.0409. The van der Waals surface area contributed by atoms with Gasteiger partial charge in [-0.1, -0.05) is 18.2 Å². The Labute approximate surface area is 166 Å². The third-order valence-electron chi connectivity index (χ3n) is 4.88. The Balaban J connectivity index is 1.22. The highest BCUT2D eigenvalue weighted by Gasteiger charge is 2.17. The van der Waals surface area contributed by atoms with Crippen molar-refractivity contribution in [3.8, 4) is 0 Å².